The summed E-state index contributed by atoms with van der Waals surface area (Å²) in [7, 11) is 0. The molecule has 94 valence electrons. The standard InChI is InChI=1S/C12H13N3O3/c1-3-9-11(18-14-12(9)13)10-5-4-8(15(16)17)6-7(10)2/h4-6H,3H2,1-2H3,(H2,13,14). The first-order valence-corrected chi connectivity index (χ1v) is 5.54. The van der Waals surface area contributed by atoms with Gasteiger partial charge in [-0.3, -0.25) is 10.1 Å². The van der Waals surface area contributed by atoms with E-state index in [0.29, 0.717) is 18.0 Å². The third-order valence-electron chi connectivity index (χ3n) is 2.84. The first-order chi connectivity index (χ1) is 8.54. The third-order valence-corrected chi connectivity index (χ3v) is 2.84. The van der Waals surface area contributed by atoms with Gasteiger partial charge in [-0.15, -0.1) is 0 Å². The molecule has 0 aliphatic carbocycles. The van der Waals surface area contributed by atoms with Crippen molar-refractivity contribution in [3.05, 3.63) is 39.4 Å². The lowest BCUT2D eigenvalue weighted by Gasteiger charge is -2.03. The van der Waals surface area contributed by atoms with E-state index in [1.807, 2.05) is 6.92 Å². The zero-order valence-corrected chi connectivity index (χ0v) is 10.1. The highest BCUT2D eigenvalue weighted by Crippen LogP contribution is 2.32. The molecule has 0 spiro atoms. The minimum absolute atomic E-state index is 0.0572. The predicted octanol–water partition coefficient (Wildman–Crippen LogP) is 2.70. The first-order valence-electron chi connectivity index (χ1n) is 5.54. The Morgan fingerprint density at radius 2 is 2.22 bits per heavy atom. The van der Waals surface area contributed by atoms with Crippen molar-refractivity contribution in [1.29, 1.82) is 0 Å². The Bertz CT molecular complexity index is 605. The molecule has 1 heterocycles. The molecule has 1 aromatic heterocycles. The highest BCUT2D eigenvalue weighted by atomic mass is 16.6. The highest BCUT2D eigenvalue weighted by Gasteiger charge is 2.17. The Kier molecular flexibility index (Phi) is 3.01. The largest absolute Gasteiger partial charge is 0.381 e. The van der Waals surface area contributed by atoms with Gasteiger partial charge in [-0.25, -0.2) is 0 Å². The molecule has 2 aromatic rings. The van der Waals surface area contributed by atoms with Crippen LogP contribution in [0.15, 0.2) is 22.7 Å². The number of nitrogen functional groups attached to an aromatic ring is 1. The second-order valence-corrected chi connectivity index (χ2v) is 3.99. The summed E-state index contributed by atoms with van der Waals surface area (Å²) in [6.45, 7) is 3.74. The molecule has 0 bridgehead atoms. The number of aryl methyl sites for hydroxylation is 1. The van der Waals surface area contributed by atoms with Crippen molar-refractivity contribution in [1.82, 2.24) is 5.16 Å². The topological polar surface area (TPSA) is 95.2 Å². The van der Waals surface area contributed by atoms with Crippen LogP contribution in [0, 0.1) is 17.0 Å². The minimum atomic E-state index is -0.424. The summed E-state index contributed by atoms with van der Waals surface area (Å²) in [6.07, 6.45) is 0.696. The molecule has 0 saturated carbocycles. The smallest absolute Gasteiger partial charge is 0.269 e. The van der Waals surface area contributed by atoms with Gasteiger partial charge in [0.2, 0.25) is 0 Å². The van der Waals surface area contributed by atoms with E-state index >= 15 is 0 Å². The Balaban J connectivity index is 2.54. The Morgan fingerprint density at radius 1 is 1.50 bits per heavy atom. The molecule has 1 aromatic carbocycles. The Hall–Kier alpha value is -2.37. The number of anilines is 1. The van der Waals surface area contributed by atoms with Crippen molar-refractivity contribution < 1.29 is 9.45 Å². The second-order valence-electron chi connectivity index (χ2n) is 3.99. The van der Waals surface area contributed by atoms with E-state index < -0.39 is 4.92 Å². The van der Waals surface area contributed by atoms with Crippen LogP contribution in [-0.4, -0.2) is 10.1 Å². The van der Waals surface area contributed by atoms with E-state index in [9.17, 15) is 10.1 Å². The summed E-state index contributed by atoms with van der Waals surface area (Å²) < 4.78 is 5.21. The van der Waals surface area contributed by atoms with Gasteiger partial charge in [0.15, 0.2) is 11.6 Å². The fourth-order valence-electron chi connectivity index (χ4n) is 1.89. The number of nitro groups is 1. The van der Waals surface area contributed by atoms with Gasteiger partial charge >= 0.3 is 0 Å². The van der Waals surface area contributed by atoms with Gasteiger partial charge in [0.25, 0.3) is 5.69 Å². The Labute approximate surface area is 104 Å². The number of benzene rings is 1. The van der Waals surface area contributed by atoms with Gasteiger partial charge in [0.1, 0.15) is 0 Å². The third kappa shape index (κ3) is 1.92. The van der Waals surface area contributed by atoms with Crippen LogP contribution in [0.2, 0.25) is 0 Å². The maximum Gasteiger partial charge on any atom is 0.269 e. The summed E-state index contributed by atoms with van der Waals surface area (Å²) in [6, 6.07) is 4.61. The van der Waals surface area contributed by atoms with Crippen molar-refractivity contribution in [2.45, 2.75) is 20.3 Å². The van der Waals surface area contributed by atoms with Gasteiger partial charge in [-0.2, -0.15) is 0 Å². The molecule has 0 saturated heterocycles. The number of rotatable bonds is 3. The van der Waals surface area contributed by atoms with E-state index in [2.05, 4.69) is 5.16 Å². The van der Waals surface area contributed by atoms with E-state index in [1.54, 1.807) is 13.0 Å². The molecule has 0 fully saturated rings. The van der Waals surface area contributed by atoms with Crippen molar-refractivity contribution in [3.63, 3.8) is 0 Å². The van der Waals surface area contributed by atoms with E-state index in [4.69, 9.17) is 10.3 Å². The van der Waals surface area contributed by atoms with Crippen molar-refractivity contribution in [3.8, 4) is 11.3 Å². The molecule has 2 N–H and O–H groups in total. The van der Waals surface area contributed by atoms with Crippen LogP contribution in [-0.2, 0) is 6.42 Å². The van der Waals surface area contributed by atoms with Crippen LogP contribution >= 0.6 is 0 Å². The molecule has 0 aliphatic heterocycles. The van der Waals surface area contributed by atoms with Gasteiger partial charge in [-0.1, -0.05) is 12.1 Å². The van der Waals surface area contributed by atoms with Gasteiger partial charge in [0, 0.05) is 23.3 Å². The molecule has 0 amide bonds. The number of hydrogen-bond acceptors (Lipinski definition) is 5. The lowest BCUT2D eigenvalue weighted by atomic mass is 10.0. The average Bonchev–Trinajstić information content (AvgIpc) is 2.70. The summed E-state index contributed by atoms with van der Waals surface area (Å²) in [5.41, 5.74) is 8.13. The van der Waals surface area contributed by atoms with Crippen molar-refractivity contribution >= 4 is 11.5 Å². The summed E-state index contributed by atoms with van der Waals surface area (Å²) in [5.74, 6) is 0.952. The zero-order valence-electron chi connectivity index (χ0n) is 10.1. The molecule has 0 aliphatic rings. The number of hydrogen-bond donors (Lipinski definition) is 1. The number of nitrogens with two attached hydrogens (primary N) is 1. The predicted molar refractivity (Wildman–Crippen MR) is 67.1 cm³/mol. The molecule has 0 radical (unpaired) electrons. The monoisotopic (exact) mass is 247 g/mol. The number of non-ortho nitro benzene ring substituents is 1. The van der Waals surface area contributed by atoms with Gasteiger partial charge in [-0.05, 0) is 25.0 Å². The first kappa shape index (κ1) is 12.1. The van der Waals surface area contributed by atoms with E-state index in [1.165, 1.54) is 12.1 Å². The van der Waals surface area contributed by atoms with E-state index in [-0.39, 0.29) is 5.69 Å². The van der Waals surface area contributed by atoms with Crippen LogP contribution < -0.4 is 5.73 Å². The molecule has 18 heavy (non-hydrogen) atoms. The maximum atomic E-state index is 10.7. The molecular formula is C12H13N3O3. The van der Waals surface area contributed by atoms with Crippen LogP contribution in [0.4, 0.5) is 11.5 Å². The molecular weight excluding hydrogens is 234 g/mol. The van der Waals surface area contributed by atoms with E-state index in [0.717, 1.165) is 16.7 Å². The highest BCUT2D eigenvalue weighted by molar-refractivity contribution is 5.70. The fraction of sp³-hybridized carbons (Fsp3) is 0.250. The van der Waals surface area contributed by atoms with Gasteiger partial charge < -0.3 is 10.3 Å². The number of aromatic nitrogens is 1. The van der Waals surface area contributed by atoms with Gasteiger partial charge in [0.05, 0.1) is 4.92 Å². The quantitative estimate of drug-likeness (QED) is 0.664. The van der Waals surface area contributed by atoms with Crippen LogP contribution in [0.25, 0.3) is 11.3 Å². The maximum absolute atomic E-state index is 10.7. The molecule has 0 unspecified atom stereocenters. The number of nitrogens with zero attached hydrogens (tertiary/aromatic N) is 2. The van der Waals surface area contributed by atoms with Crippen LogP contribution in [0.5, 0.6) is 0 Å². The van der Waals surface area contributed by atoms with Crippen LogP contribution in [0.1, 0.15) is 18.1 Å². The summed E-state index contributed by atoms with van der Waals surface area (Å²) >= 11 is 0. The summed E-state index contributed by atoms with van der Waals surface area (Å²) in [4.78, 5) is 10.3. The average molecular weight is 247 g/mol. The Morgan fingerprint density at radius 3 is 2.78 bits per heavy atom. The molecule has 6 heteroatoms. The molecule has 0 atom stereocenters. The lowest BCUT2D eigenvalue weighted by Crippen LogP contribution is -1.93. The SMILES string of the molecule is CCc1c(N)noc1-c1ccc([N+](=O)[O-])cc1C. The van der Waals surface area contributed by atoms with Crippen molar-refractivity contribution in [2.24, 2.45) is 0 Å². The molecule has 6 nitrogen and oxygen atoms in total. The number of nitro benzene ring substituents is 1. The minimum Gasteiger partial charge on any atom is -0.381 e. The summed E-state index contributed by atoms with van der Waals surface area (Å²) in [5, 5.41) is 14.4. The molecule has 2 rings (SSSR count). The van der Waals surface area contributed by atoms with Crippen molar-refractivity contribution in [2.75, 3.05) is 5.73 Å². The normalized spacial score (nSPS) is 10.6. The fourth-order valence-corrected chi connectivity index (χ4v) is 1.89. The zero-order chi connectivity index (χ0) is 13.3. The van der Waals surface area contributed by atoms with Crippen LogP contribution in [0.3, 0.4) is 0 Å². The second kappa shape index (κ2) is 4.48. The lowest BCUT2D eigenvalue weighted by molar-refractivity contribution is -0.384.